The van der Waals surface area contributed by atoms with Crippen molar-refractivity contribution >= 4 is 17.6 Å². The molecule has 110 valence electrons. The van der Waals surface area contributed by atoms with Crippen LogP contribution in [0.2, 0.25) is 0 Å². The Bertz CT molecular complexity index is 356. The molecule has 0 saturated heterocycles. The lowest BCUT2D eigenvalue weighted by Crippen LogP contribution is -2.50. The molecule has 0 aromatic carbocycles. The lowest BCUT2D eigenvalue weighted by atomic mass is 9.97. The predicted octanol–water partition coefficient (Wildman–Crippen LogP) is 1.58. The Morgan fingerprint density at radius 2 is 1.74 bits per heavy atom. The van der Waals surface area contributed by atoms with E-state index in [1.165, 1.54) is 0 Å². The van der Waals surface area contributed by atoms with Gasteiger partial charge in [0.25, 0.3) is 5.91 Å². The lowest BCUT2D eigenvalue weighted by molar-refractivity contribution is -0.185. The quantitative estimate of drug-likeness (QED) is 0.282. The van der Waals surface area contributed by atoms with Crippen molar-refractivity contribution in [3.05, 3.63) is 0 Å². The minimum Gasteiger partial charge on any atom is -0.480 e. The Labute approximate surface area is 112 Å². The van der Waals surface area contributed by atoms with Gasteiger partial charge in [0.15, 0.2) is 6.04 Å². The van der Waals surface area contributed by atoms with Crippen molar-refractivity contribution in [3.63, 3.8) is 0 Å². The Morgan fingerprint density at radius 1 is 1.21 bits per heavy atom. The second-order valence-corrected chi connectivity index (χ2v) is 4.61. The number of carbonyl (C=O) groups is 2. The van der Waals surface area contributed by atoms with Gasteiger partial charge in [0.05, 0.1) is 0 Å². The van der Waals surface area contributed by atoms with Crippen LogP contribution in [0.4, 0.5) is 0 Å². The van der Waals surface area contributed by atoms with Crippen LogP contribution in [-0.2, 0) is 9.59 Å². The topological polar surface area (TPSA) is 110 Å². The summed E-state index contributed by atoms with van der Waals surface area (Å²) in [6.45, 7) is 6.82. The maximum absolute atomic E-state index is 12.0. The molecule has 0 rings (SSSR count). The first kappa shape index (κ1) is 17.4. The number of amides is 1. The van der Waals surface area contributed by atoms with Crippen LogP contribution in [0.3, 0.4) is 0 Å². The van der Waals surface area contributed by atoms with Gasteiger partial charge in [0, 0.05) is 5.92 Å². The van der Waals surface area contributed by atoms with Crippen LogP contribution in [-0.4, -0.2) is 44.2 Å². The molecular weight excluding hydrogens is 252 g/mol. The first-order chi connectivity index (χ1) is 8.81. The van der Waals surface area contributed by atoms with Gasteiger partial charge in [0.2, 0.25) is 0 Å². The molecule has 0 heterocycles. The number of hydrogen-bond acceptors (Lipinski definition) is 5. The van der Waals surface area contributed by atoms with E-state index < -0.39 is 23.8 Å². The summed E-state index contributed by atoms with van der Waals surface area (Å²) >= 11 is 0. The second-order valence-electron chi connectivity index (χ2n) is 4.61. The van der Waals surface area contributed by atoms with Gasteiger partial charge in [-0.05, 0) is 12.3 Å². The largest absolute Gasteiger partial charge is 0.480 e. The minimum absolute atomic E-state index is 0.151. The summed E-state index contributed by atoms with van der Waals surface area (Å²) in [4.78, 5) is 23.1. The lowest BCUT2D eigenvalue weighted by Gasteiger charge is -2.27. The fraction of sp³-hybridized carbons (Fsp3) is 0.750. The summed E-state index contributed by atoms with van der Waals surface area (Å²) in [5.41, 5.74) is -0.250. The highest BCUT2D eigenvalue weighted by Crippen LogP contribution is 2.16. The molecule has 19 heavy (non-hydrogen) atoms. The van der Waals surface area contributed by atoms with Gasteiger partial charge in [-0.3, -0.25) is 10.0 Å². The zero-order valence-electron chi connectivity index (χ0n) is 11.7. The number of rotatable bonds is 7. The number of hydrogen-bond donors (Lipinski definition) is 3. The molecule has 0 saturated carbocycles. The van der Waals surface area contributed by atoms with Gasteiger partial charge >= 0.3 is 5.97 Å². The van der Waals surface area contributed by atoms with Gasteiger partial charge in [-0.25, -0.2) is 9.86 Å². The molecule has 3 N–H and O–H groups in total. The third-order valence-corrected chi connectivity index (χ3v) is 3.31. The van der Waals surface area contributed by atoms with E-state index in [4.69, 9.17) is 10.3 Å². The first-order valence-electron chi connectivity index (χ1n) is 6.28. The molecule has 0 unspecified atom stereocenters. The van der Waals surface area contributed by atoms with E-state index in [1.807, 2.05) is 0 Å². The van der Waals surface area contributed by atoms with Crippen LogP contribution in [0.25, 0.3) is 0 Å². The van der Waals surface area contributed by atoms with E-state index in [2.05, 4.69) is 5.16 Å². The predicted molar refractivity (Wildman–Crippen MR) is 68.2 cm³/mol. The highest BCUT2D eigenvalue weighted by Gasteiger charge is 2.36. The third-order valence-electron chi connectivity index (χ3n) is 3.31. The number of carboxylic acids is 1. The summed E-state index contributed by atoms with van der Waals surface area (Å²) in [6, 6.07) is -1.36. The Kier molecular flexibility index (Phi) is 7.06. The first-order valence-corrected chi connectivity index (χ1v) is 6.28. The van der Waals surface area contributed by atoms with E-state index in [0.717, 1.165) is 0 Å². The average molecular weight is 274 g/mol. The normalized spacial score (nSPS) is 16.6. The van der Waals surface area contributed by atoms with Crippen LogP contribution < -0.4 is 0 Å². The molecule has 0 aliphatic carbocycles. The van der Waals surface area contributed by atoms with E-state index in [9.17, 15) is 14.8 Å². The van der Waals surface area contributed by atoms with Crippen molar-refractivity contribution in [2.45, 2.75) is 46.6 Å². The van der Waals surface area contributed by atoms with Gasteiger partial charge in [0.1, 0.15) is 5.71 Å². The van der Waals surface area contributed by atoms with E-state index in [-0.39, 0.29) is 16.7 Å². The maximum atomic E-state index is 12.0. The van der Waals surface area contributed by atoms with Crippen LogP contribution >= 0.6 is 0 Å². The van der Waals surface area contributed by atoms with Gasteiger partial charge < -0.3 is 10.3 Å². The Hall–Kier alpha value is -1.63. The van der Waals surface area contributed by atoms with Crippen LogP contribution in [0, 0.1) is 11.8 Å². The molecule has 0 aliphatic rings. The van der Waals surface area contributed by atoms with Crippen molar-refractivity contribution in [2.24, 2.45) is 17.0 Å². The summed E-state index contributed by atoms with van der Waals surface area (Å²) < 4.78 is 0. The van der Waals surface area contributed by atoms with Gasteiger partial charge in [-0.15, -0.1) is 0 Å². The number of oxime groups is 1. The Balaban J connectivity index is 5.20. The van der Waals surface area contributed by atoms with Crippen LogP contribution in [0.1, 0.15) is 40.5 Å². The van der Waals surface area contributed by atoms with Crippen LogP contribution in [0.15, 0.2) is 5.16 Å². The zero-order chi connectivity index (χ0) is 15.2. The van der Waals surface area contributed by atoms with Crippen molar-refractivity contribution in [3.8, 4) is 0 Å². The average Bonchev–Trinajstić information content (AvgIpc) is 2.38. The number of aliphatic carboxylic acids is 1. The fourth-order valence-electron chi connectivity index (χ4n) is 1.60. The van der Waals surface area contributed by atoms with Crippen molar-refractivity contribution < 1.29 is 25.1 Å². The van der Waals surface area contributed by atoms with Gasteiger partial charge in [-0.2, -0.15) is 0 Å². The van der Waals surface area contributed by atoms with Gasteiger partial charge in [-0.1, -0.05) is 39.3 Å². The molecule has 0 bridgehead atoms. The molecule has 0 aromatic heterocycles. The summed E-state index contributed by atoms with van der Waals surface area (Å²) in [5.74, 6) is -3.09. The molecule has 3 atom stereocenters. The highest BCUT2D eigenvalue weighted by atomic mass is 16.5. The SMILES string of the molecule is CC[C@@H](C)C(=NO)C(=O)N(O)[C@H](C(=O)O)[C@@H](C)CC. The van der Waals surface area contributed by atoms with E-state index in [0.29, 0.717) is 12.8 Å². The number of carbonyl (C=O) groups excluding carboxylic acids is 1. The number of nitrogens with zero attached hydrogens (tertiary/aromatic N) is 2. The molecule has 7 nitrogen and oxygen atoms in total. The second kappa shape index (κ2) is 7.73. The molecule has 0 aromatic rings. The molecule has 0 aliphatic heterocycles. The molecular formula is C12H22N2O5. The molecule has 7 heteroatoms. The molecule has 1 amide bonds. The smallest absolute Gasteiger partial charge is 0.329 e. The van der Waals surface area contributed by atoms with E-state index >= 15 is 0 Å². The number of hydroxylamine groups is 2. The standard InChI is InChI=1S/C12H22N2O5/c1-5-7(3)9(13-18)11(15)14(19)10(12(16)17)8(4)6-2/h7-8,10,18-19H,5-6H2,1-4H3,(H,16,17)/t7-,8+,10+/m1/s1. The maximum Gasteiger partial charge on any atom is 0.329 e. The minimum atomic E-state index is -1.36. The van der Waals surface area contributed by atoms with Crippen molar-refractivity contribution in [1.82, 2.24) is 5.06 Å². The van der Waals surface area contributed by atoms with Crippen LogP contribution in [0.5, 0.6) is 0 Å². The van der Waals surface area contributed by atoms with Crippen molar-refractivity contribution in [2.75, 3.05) is 0 Å². The highest BCUT2D eigenvalue weighted by molar-refractivity contribution is 6.39. The fourth-order valence-corrected chi connectivity index (χ4v) is 1.60. The summed E-state index contributed by atoms with van der Waals surface area (Å²) in [7, 11) is 0. The third kappa shape index (κ3) is 4.20. The summed E-state index contributed by atoms with van der Waals surface area (Å²) in [5, 5.41) is 30.8. The monoisotopic (exact) mass is 274 g/mol. The van der Waals surface area contributed by atoms with Crippen molar-refractivity contribution in [1.29, 1.82) is 0 Å². The van der Waals surface area contributed by atoms with E-state index in [1.54, 1.807) is 27.7 Å². The zero-order valence-corrected chi connectivity index (χ0v) is 11.7. The summed E-state index contributed by atoms with van der Waals surface area (Å²) in [6.07, 6.45) is 1.01. The molecule has 0 fully saturated rings. The number of carboxylic acid groups (broad SMARTS) is 1. The Morgan fingerprint density at radius 3 is 2.05 bits per heavy atom. The molecule has 0 spiro atoms. The molecule has 0 radical (unpaired) electrons.